The Labute approximate surface area is 130 Å². The number of hydrogen-bond acceptors (Lipinski definition) is 3. The summed E-state index contributed by atoms with van der Waals surface area (Å²) in [5.41, 5.74) is 0.966. The van der Waals surface area contributed by atoms with Crippen LogP contribution in [0, 0.1) is 0 Å². The van der Waals surface area contributed by atoms with Gasteiger partial charge < -0.3 is 9.64 Å². The minimum Gasteiger partial charge on any atom is -0.484 e. The number of likely N-dealkylation sites (tertiary alicyclic amines) is 1. The highest BCUT2D eigenvalue weighted by Crippen LogP contribution is 2.18. The smallest absolute Gasteiger partial charge is 0.260 e. The standard InChI is InChI=1S/C17H21N3O2/c1-14-5-2-3-11-19(14)17(21)13-22-16-8-6-15(7-9-16)20-12-4-10-18-20/h4,6-10,12,14H,2-3,5,11,13H2,1H3/t14-/m0/s1. The largest absolute Gasteiger partial charge is 0.484 e. The molecular weight excluding hydrogens is 278 g/mol. The Balaban J connectivity index is 1.56. The average molecular weight is 299 g/mol. The number of ether oxygens (including phenoxy) is 1. The zero-order valence-electron chi connectivity index (χ0n) is 12.8. The summed E-state index contributed by atoms with van der Waals surface area (Å²) in [6, 6.07) is 9.79. The maximum Gasteiger partial charge on any atom is 0.260 e. The van der Waals surface area contributed by atoms with Crippen LogP contribution in [-0.4, -0.2) is 39.8 Å². The number of hydrogen-bond donors (Lipinski definition) is 0. The summed E-state index contributed by atoms with van der Waals surface area (Å²) in [4.78, 5) is 14.2. The van der Waals surface area contributed by atoms with Crippen LogP contribution in [0.15, 0.2) is 42.7 Å². The summed E-state index contributed by atoms with van der Waals surface area (Å²) < 4.78 is 7.40. The number of benzene rings is 1. The molecule has 1 atom stereocenters. The van der Waals surface area contributed by atoms with Crippen LogP contribution in [0.4, 0.5) is 0 Å². The molecule has 0 N–H and O–H groups in total. The van der Waals surface area contributed by atoms with Gasteiger partial charge in [-0.3, -0.25) is 4.79 Å². The van der Waals surface area contributed by atoms with E-state index in [-0.39, 0.29) is 12.5 Å². The van der Waals surface area contributed by atoms with E-state index < -0.39 is 0 Å². The van der Waals surface area contributed by atoms with E-state index in [0.29, 0.717) is 11.8 Å². The molecule has 0 saturated carbocycles. The first-order chi connectivity index (χ1) is 10.7. The lowest BCUT2D eigenvalue weighted by atomic mass is 10.0. The first kappa shape index (κ1) is 14.6. The van der Waals surface area contributed by atoms with Gasteiger partial charge in [-0.1, -0.05) is 0 Å². The Hall–Kier alpha value is -2.30. The van der Waals surface area contributed by atoms with Crippen molar-refractivity contribution in [3.63, 3.8) is 0 Å². The summed E-state index contributed by atoms with van der Waals surface area (Å²) in [5, 5.41) is 4.17. The third-order valence-corrected chi connectivity index (χ3v) is 4.09. The Kier molecular flexibility index (Phi) is 4.42. The van der Waals surface area contributed by atoms with Gasteiger partial charge in [0.2, 0.25) is 0 Å². The number of piperidine rings is 1. The predicted molar refractivity (Wildman–Crippen MR) is 84.1 cm³/mol. The van der Waals surface area contributed by atoms with Gasteiger partial charge in [-0.05, 0) is 56.5 Å². The number of aromatic nitrogens is 2. The van der Waals surface area contributed by atoms with Gasteiger partial charge in [0.15, 0.2) is 6.61 Å². The zero-order valence-corrected chi connectivity index (χ0v) is 12.8. The number of carbonyl (C=O) groups excluding carboxylic acids is 1. The molecule has 1 aromatic heterocycles. The van der Waals surface area contributed by atoms with Crippen LogP contribution in [-0.2, 0) is 4.79 Å². The van der Waals surface area contributed by atoms with Crippen LogP contribution in [0.5, 0.6) is 5.75 Å². The molecule has 1 fully saturated rings. The zero-order chi connectivity index (χ0) is 15.4. The van der Waals surface area contributed by atoms with Crippen molar-refractivity contribution in [3.8, 4) is 11.4 Å². The van der Waals surface area contributed by atoms with Crippen molar-refractivity contribution in [2.75, 3.05) is 13.2 Å². The number of rotatable bonds is 4. The van der Waals surface area contributed by atoms with Crippen LogP contribution in [0.3, 0.4) is 0 Å². The molecule has 0 bridgehead atoms. The molecule has 1 aliphatic heterocycles. The van der Waals surface area contributed by atoms with E-state index in [1.54, 1.807) is 10.9 Å². The van der Waals surface area contributed by atoms with Crippen molar-refractivity contribution in [3.05, 3.63) is 42.7 Å². The molecule has 1 amide bonds. The third-order valence-electron chi connectivity index (χ3n) is 4.09. The fourth-order valence-electron chi connectivity index (χ4n) is 2.81. The quantitative estimate of drug-likeness (QED) is 0.872. The normalized spacial score (nSPS) is 18.2. The number of nitrogens with zero attached hydrogens (tertiary/aromatic N) is 3. The molecule has 2 heterocycles. The molecule has 116 valence electrons. The van der Waals surface area contributed by atoms with Crippen molar-refractivity contribution in [1.82, 2.24) is 14.7 Å². The highest BCUT2D eigenvalue weighted by molar-refractivity contribution is 5.78. The van der Waals surface area contributed by atoms with Crippen LogP contribution in [0.25, 0.3) is 5.69 Å². The monoisotopic (exact) mass is 299 g/mol. The molecular formula is C17H21N3O2. The summed E-state index contributed by atoms with van der Waals surface area (Å²) >= 11 is 0. The van der Waals surface area contributed by atoms with E-state index in [1.165, 1.54) is 6.42 Å². The lowest BCUT2D eigenvalue weighted by Gasteiger charge is -2.33. The fraction of sp³-hybridized carbons (Fsp3) is 0.412. The molecule has 2 aromatic rings. The van der Waals surface area contributed by atoms with E-state index in [4.69, 9.17) is 4.74 Å². The van der Waals surface area contributed by atoms with Gasteiger partial charge in [0.1, 0.15) is 5.75 Å². The van der Waals surface area contributed by atoms with Gasteiger partial charge in [0, 0.05) is 25.0 Å². The van der Waals surface area contributed by atoms with Crippen LogP contribution < -0.4 is 4.74 Å². The Bertz CT molecular complexity index is 607. The Morgan fingerprint density at radius 2 is 2.14 bits per heavy atom. The molecule has 3 rings (SSSR count). The second kappa shape index (κ2) is 6.64. The SMILES string of the molecule is C[C@H]1CCCCN1C(=O)COc1ccc(-n2cccn2)cc1. The van der Waals surface area contributed by atoms with Gasteiger partial charge in [-0.25, -0.2) is 4.68 Å². The van der Waals surface area contributed by atoms with E-state index in [9.17, 15) is 4.79 Å². The van der Waals surface area contributed by atoms with Crippen LogP contribution in [0.1, 0.15) is 26.2 Å². The van der Waals surface area contributed by atoms with Gasteiger partial charge in [0.05, 0.1) is 5.69 Å². The maximum absolute atomic E-state index is 12.2. The van der Waals surface area contributed by atoms with Crippen molar-refractivity contribution >= 4 is 5.91 Å². The second-order valence-corrected chi connectivity index (χ2v) is 5.67. The lowest BCUT2D eigenvalue weighted by molar-refractivity contribution is -0.136. The van der Waals surface area contributed by atoms with Crippen molar-refractivity contribution in [1.29, 1.82) is 0 Å². The van der Waals surface area contributed by atoms with Crippen molar-refractivity contribution < 1.29 is 9.53 Å². The highest BCUT2D eigenvalue weighted by Gasteiger charge is 2.23. The van der Waals surface area contributed by atoms with E-state index >= 15 is 0 Å². The molecule has 5 nitrogen and oxygen atoms in total. The first-order valence-corrected chi connectivity index (χ1v) is 7.76. The number of carbonyl (C=O) groups is 1. The van der Waals surface area contributed by atoms with Crippen LogP contribution >= 0.6 is 0 Å². The molecule has 1 saturated heterocycles. The molecule has 1 aromatic carbocycles. The molecule has 22 heavy (non-hydrogen) atoms. The van der Waals surface area contributed by atoms with Crippen molar-refractivity contribution in [2.24, 2.45) is 0 Å². The molecule has 5 heteroatoms. The molecule has 0 radical (unpaired) electrons. The Morgan fingerprint density at radius 1 is 1.32 bits per heavy atom. The van der Waals surface area contributed by atoms with Gasteiger partial charge in [-0.15, -0.1) is 0 Å². The van der Waals surface area contributed by atoms with E-state index in [0.717, 1.165) is 25.1 Å². The minimum atomic E-state index is 0.0725. The third kappa shape index (κ3) is 3.30. The molecule has 0 spiro atoms. The number of amides is 1. The topological polar surface area (TPSA) is 47.4 Å². The summed E-state index contributed by atoms with van der Waals surface area (Å²) in [6.45, 7) is 3.06. The second-order valence-electron chi connectivity index (χ2n) is 5.67. The highest BCUT2D eigenvalue weighted by atomic mass is 16.5. The van der Waals surface area contributed by atoms with Crippen molar-refractivity contribution in [2.45, 2.75) is 32.2 Å². The molecule has 0 unspecified atom stereocenters. The summed E-state index contributed by atoms with van der Waals surface area (Å²) in [7, 11) is 0. The van der Waals surface area contributed by atoms with Crippen LogP contribution in [0.2, 0.25) is 0 Å². The van der Waals surface area contributed by atoms with Gasteiger partial charge in [-0.2, -0.15) is 5.10 Å². The average Bonchev–Trinajstić information content (AvgIpc) is 3.08. The maximum atomic E-state index is 12.2. The van der Waals surface area contributed by atoms with Gasteiger partial charge >= 0.3 is 0 Å². The summed E-state index contributed by atoms with van der Waals surface area (Å²) in [5.74, 6) is 0.775. The molecule has 1 aliphatic rings. The minimum absolute atomic E-state index is 0.0725. The Morgan fingerprint density at radius 3 is 2.82 bits per heavy atom. The van der Waals surface area contributed by atoms with E-state index in [1.807, 2.05) is 41.4 Å². The molecule has 0 aliphatic carbocycles. The predicted octanol–water partition coefficient (Wildman–Crippen LogP) is 2.65. The van der Waals surface area contributed by atoms with E-state index in [2.05, 4.69) is 12.0 Å². The van der Waals surface area contributed by atoms with Gasteiger partial charge in [0.25, 0.3) is 5.91 Å². The lowest BCUT2D eigenvalue weighted by Crippen LogP contribution is -2.44. The summed E-state index contributed by atoms with van der Waals surface area (Å²) in [6.07, 6.45) is 7.01. The first-order valence-electron chi connectivity index (χ1n) is 7.76. The fourth-order valence-corrected chi connectivity index (χ4v) is 2.81.